The third-order valence-electron chi connectivity index (χ3n) is 4.59. The van der Waals surface area contributed by atoms with E-state index < -0.39 is 0 Å². The van der Waals surface area contributed by atoms with E-state index >= 15 is 0 Å². The van der Waals surface area contributed by atoms with Crippen molar-refractivity contribution in [2.45, 2.75) is 12.5 Å². The Bertz CT molecular complexity index is 779. The zero-order valence-corrected chi connectivity index (χ0v) is 15.9. The number of hydrogen-bond acceptors (Lipinski definition) is 4. The summed E-state index contributed by atoms with van der Waals surface area (Å²) < 4.78 is 0. The molecule has 0 bridgehead atoms. The molecule has 2 heterocycles. The number of rotatable bonds is 7. The van der Waals surface area contributed by atoms with Crippen LogP contribution in [0.4, 0.5) is 0 Å². The van der Waals surface area contributed by atoms with Crippen molar-refractivity contribution in [3.8, 4) is 0 Å². The lowest BCUT2D eigenvalue weighted by Gasteiger charge is -2.24. The highest BCUT2D eigenvalue weighted by atomic mass is 32.1. The zero-order chi connectivity index (χ0) is 18.7. The van der Waals surface area contributed by atoms with Crippen LogP contribution in [-0.2, 0) is 4.79 Å². The number of fused-ring (bicyclic) bond motifs is 1. The molecule has 0 aliphatic carbocycles. The summed E-state index contributed by atoms with van der Waals surface area (Å²) in [6, 6.07) is 11.6. The molecule has 0 radical (unpaired) electrons. The number of nitrogens with one attached hydrogen (secondary N) is 1. The van der Waals surface area contributed by atoms with Crippen molar-refractivity contribution < 1.29 is 9.59 Å². The van der Waals surface area contributed by atoms with Gasteiger partial charge in [0, 0.05) is 41.2 Å². The first-order valence-corrected chi connectivity index (χ1v) is 9.43. The minimum Gasteiger partial charge on any atom is -0.354 e. The van der Waals surface area contributed by atoms with E-state index in [-0.39, 0.29) is 24.3 Å². The van der Waals surface area contributed by atoms with Crippen molar-refractivity contribution in [3.63, 3.8) is 0 Å². The van der Waals surface area contributed by atoms with Gasteiger partial charge in [-0.05, 0) is 31.6 Å². The van der Waals surface area contributed by atoms with Gasteiger partial charge in [0.25, 0.3) is 5.91 Å². The highest BCUT2D eigenvalue weighted by Crippen LogP contribution is 2.31. The van der Waals surface area contributed by atoms with E-state index in [4.69, 9.17) is 0 Å². The molecule has 3 rings (SSSR count). The SMILES string of the molecule is C=C1c2ccccc2C(=O)N1CCC(=O)NC[C@@H](c1cccs1)N(C)C. The molecule has 0 fully saturated rings. The van der Waals surface area contributed by atoms with Gasteiger partial charge in [0.05, 0.1) is 6.04 Å². The average molecular weight is 369 g/mol. The van der Waals surface area contributed by atoms with E-state index in [1.807, 2.05) is 43.7 Å². The van der Waals surface area contributed by atoms with Crippen LogP contribution in [0.15, 0.2) is 48.4 Å². The molecule has 0 unspecified atom stereocenters. The second-order valence-electron chi connectivity index (χ2n) is 6.50. The molecule has 1 aliphatic rings. The molecule has 0 saturated heterocycles. The summed E-state index contributed by atoms with van der Waals surface area (Å²) in [5, 5.41) is 5.02. The Balaban J connectivity index is 1.53. The molecule has 1 atom stereocenters. The number of carbonyl (C=O) groups is 2. The standard InChI is InChI=1S/C20H23N3O2S/c1-14-15-7-4-5-8-16(15)20(25)23(14)11-10-19(24)21-13-17(22(2)3)18-9-6-12-26-18/h4-9,12,17H,1,10-11,13H2,2-3H3,(H,21,24)/t17-/m0/s1. The predicted octanol–water partition coefficient (Wildman–Crippen LogP) is 2.98. The van der Waals surface area contributed by atoms with Crippen LogP contribution in [0, 0.1) is 0 Å². The maximum absolute atomic E-state index is 12.5. The molecule has 2 amide bonds. The molecule has 1 aromatic carbocycles. The second kappa shape index (κ2) is 7.85. The molecule has 1 aliphatic heterocycles. The van der Waals surface area contributed by atoms with Gasteiger partial charge in [-0.2, -0.15) is 0 Å². The highest BCUT2D eigenvalue weighted by molar-refractivity contribution is 7.10. The Morgan fingerprint density at radius 3 is 2.58 bits per heavy atom. The van der Waals surface area contributed by atoms with Crippen LogP contribution in [0.5, 0.6) is 0 Å². The number of amides is 2. The molecule has 0 spiro atoms. The smallest absolute Gasteiger partial charge is 0.258 e. The van der Waals surface area contributed by atoms with E-state index in [0.29, 0.717) is 24.4 Å². The van der Waals surface area contributed by atoms with E-state index in [1.165, 1.54) is 4.88 Å². The third kappa shape index (κ3) is 3.71. The van der Waals surface area contributed by atoms with E-state index in [2.05, 4.69) is 22.9 Å². The third-order valence-corrected chi connectivity index (χ3v) is 5.56. The summed E-state index contributed by atoms with van der Waals surface area (Å²) >= 11 is 1.68. The van der Waals surface area contributed by atoms with Crippen LogP contribution >= 0.6 is 11.3 Å². The Labute approximate surface area is 157 Å². The molecule has 0 saturated carbocycles. The van der Waals surface area contributed by atoms with Gasteiger partial charge < -0.3 is 15.1 Å². The minimum atomic E-state index is -0.0804. The first-order valence-electron chi connectivity index (χ1n) is 8.55. The summed E-state index contributed by atoms with van der Waals surface area (Å²) in [4.78, 5) is 29.6. The van der Waals surface area contributed by atoms with Gasteiger partial charge in [-0.3, -0.25) is 9.59 Å². The predicted molar refractivity (Wildman–Crippen MR) is 105 cm³/mol. The Morgan fingerprint density at radius 2 is 1.96 bits per heavy atom. The van der Waals surface area contributed by atoms with Crippen LogP contribution in [0.3, 0.4) is 0 Å². The fourth-order valence-electron chi connectivity index (χ4n) is 3.10. The van der Waals surface area contributed by atoms with Crippen LogP contribution < -0.4 is 5.32 Å². The number of benzene rings is 1. The quantitative estimate of drug-likeness (QED) is 0.816. The number of nitrogens with zero attached hydrogens (tertiary/aromatic N) is 2. The first kappa shape index (κ1) is 18.4. The van der Waals surface area contributed by atoms with Crippen molar-refractivity contribution in [3.05, 3.63) is 64.4 Å². The average Bonchev–Trinajstić information content (AvgIpc) is 3.22. The van der Waals surface area contributed by atoms with Crippen molar-refractivity contribution in [2.24, 2.45) is 0 Å². The molecule has 6 heteroatoms. The van der Waals surface area contributed by atoms with Crippen molar-refractivity contribution in [1.82, 2.24) is 15.1 Å². The Kier molecular flexibility index (Phi) is 5.54. The molecular formula is C20H23N3O2S. The van der Waals surface area contributed by atoms with Crippen molar-refractivity contribution in [2.75, 3.05) is 27.2 Å². The summed E-state index contributed by atoms with van der Waals surface area (Å²) in [7, 11) is 4.00. The second-order valence-corrected chi connectivity index (χ2v) is 7.48. The van der Waals surface area contributed by atoms with Crippen molar-refractivity contribution >= 4 is 28.8 Å². The minimum absolute atomic E-state index is 0.0648. The number of likely N-dealkylation sites (N-methyl/N-ethyl adjacent to an activating group) is 1. The molecule has 5 nitrogen and oxygen atoms in total. The Morgan fingerprint density at radius 1 is 1.23 bits per heavy atom. The van der Waals surface area contributed by atoms with Gasteiger partial charge in [-0.1, -0.05) is 30.8 Å². The largest absolute Gasteiger partial charge is 0.354 e. The topological polar surface area (TPSA) is 52.7 Å². The van der Waals surface area contributed by atoms with Gasteiger partial charge in [0.15, 0.2) is 0 Å². The highest BCUT2D eigenvalue weighted by Gasteiger charge is 2.30. The molecule has 26 heavy (non-hydrogen) atoms. The zero-order valence-electron chi connectivity index (χ0n) is 15.1. The molecule has 1 N–H and O–H groups in total. The monoisotopic (exact) mass is 369 g/mol. The number of carbonyl (C=O) groups excluding carboxylic acids is 2. The molecule has 136 valence electrons. The maximum atomic E-state index is 12.5. The van der Waals surface area contributed by atoms with Crippen LogP contribution in [0.25, 0.3) is 5.70 Å². The fraction of sp³-hybridized carbons (Fsp3) is 0.300. The summed E-state index contributed by atoms with van der Waals surface area (Å²) in [5.41, 5.74) is 2.18. The molecular weight excluding hydrogens is 346 g/mol. The number of thiophene rings is 1. The normalized spacial score (nSPS) is 14.7. The van der Waals surface area contributed by atoms with Crippen LogP contribution in [0.1, 0.15) is 33.3 Å². The van der Waals surface area contributed by atoms with Gasteiger partial charge in [0.1, 0.15) is 0 Å². The Hall–Kier alpha value is -2.44. The molecule has 1 aromatic heterocycles. The summed E-state index contributed by atoms with van der Waals surface area (Å²) in [6.45, 7) is 4.88. The maximum Gasteiger partial charge on any atom is 0.258 e. The van der Waals surface area contributed by atoms with E-state index in [9.17, 15) is 9.59 Å². The van der Waals surface area contributed by atoms with Gasteiger partial charge in [0.2, 0.25) is 5.91 Å². The summed E-state index contributed by atoms with van der Waals surface area (Å²) in [5.74, 6) is -0.145. The molecule has 2 aromatic rings. The number of hydrogen-bond donors (Lipinski definition) is 1. The summed E-state index contributed by atoms with van der Waals surface area (Å²) in [6.07, 6.45) is 0.253. The van der Waals surface area contributed by atoms with E-state index in [1.54, 1.807) is 22.3 Å². The van der Waals surface area contributed by atoms with Crippen LogP contribution in [0.2, 0.25) is 0 Å². The van der Waals surface area contributed by atoms with Gasteiger partial charge in [-0.15, -0.1) is 11.3 Å². The van der Waals surface area contributed by atoms with Gasteiger partial charge >= 0.3 is 0 Å². The fourth-order valence-corrected chi connectivity index (χ4v) is 4.02. The first-order chi connectivity index (χ1) is 12.5. The van der Waals surface area contributed by atoms with Crippen molar-refractivity contribution in [1.29, 1.82) is 0 Å². The lowest BCUT2D eigenvalue weighted by molar-refractivity contribution is -0.121. The lowest BCUT2D eigenvalue weighted by atomic mass is 10.1. The van der Waals surface area contributed by atoms with Gasteiger partial charge in [-0.25, -0.2) is 0 Å². The van der Waals surface area contributed by atoms with Crippen LogP contribution in [-0.4, -0.2) is 48.8 Å². The lowest BCUT2D eigenvalue weighted by Crippen LogP contribution is -2.36. The van der Waals surface area contributed by atoms with E-state index in [0.717, 1.165) is 5.56 Å².